The molecule has 1 N–H and O–H groups in total. The van der Waals surface area contributed by atoms with Crippen molar-refractivity contribution in [3.05, 3.63) is 0 Å². The molecule has 0 amide bonds. The second kappa shape index (κ2) is 3.76. The van der Waals surface area contributed by atoms with E-state index in [9.17, 15) is 9.18 Å². The number of carbonyl (C=O) groups is 1. The molecule has 0 aromatic rings. The van der Waals surface area contributed by atoms with Crippen molar-refractivity contribution in [2.45, 2.75) is 31.3 Å². The number of hydrogen-bond donors (Lipinski definition) is 1. The minimum absolute atomic E-state index is 0.125. The maximum absolute atomic E-state index is 12.6. The average Bonchev–Trinajstić information content (AvgIpc) is 1.84. The average molecular weight is 169 g/mol. The van der Waals surface area contributed by atoms with E-state index in [1.165, 1.54) is 0 Å². The van der Waals surface area contributed by atoms with E-state index in [1.807, 2.05) is 6.92 Å². The number of halogens is 2. The highest BCUT2D eigenvalue weighted by Crippen LogP contribution is 2.24. The number of aliphatic carboxylic acids is 1. The quantitative estimate of drug-likeness (QED) is 0.654. The van der Waals surface area contributed by atoms with Gasteiger partial charge < -0.3 is 5.11 Å². The van der Waals surface area contributed by atoms with Crippen LogP contribution in [0.4, 0.5) is 4.39 Å². The molecule has 0 heterocycles. The topological polar surface area (TPSA) is 37.3 Å². The number of hydrogen-bond acceptors (Lipinski definition) is 1. The molecule has 0 saturated heterocycles. The first-order valence-corrected chi connectivity index (χ1v) is 3.49. The lowest BCUT2D eigenvalue weighted by atomic mass is 10.2. The van der Waals surface area contributed by atoms with Gasteiger partial charge in [-0.2, -0.15) is 0 Å². The third-order valence-electron chi connectivity index (χ3n) is 1.16. The van der Waals surface area contributed by atoms with Crippen LogP contribution < -0.4 is 0 Å². The van der Waals surface area contributed by atoms with Crippen LogP contribution in [0, 0.1) is 0 Å². The Hall–Kier alpha value is -0.310. The summed E-state index contributed by atoms with van der Waals surface area (Å²) in [5, 5.41) is 5.60. The van der Waals surface area contributed by atoms with Crippen LogP contribution in [-0.4, -0.2) is 16.2 Å². The molecule has 4 heteroatoms. The monoisotopic (exact) mass is 168 g/mol. The van der Waals surface area contributed by atoms with E-state index in [4.69, 9.17) is 16.7 Å². The molecular formula is C6H10ClFO2. The molecule has 1 atom stereocenters. The minimum atomic E-state index is -2.56. The fraction of sp³-hybridized carbons (Fsp3) is 0.833. The lowest BCUT2D eigenvalue weighted by Gasteiger charge is -2.10. The Morgan fingerprint density at radius 1 is 1.80 bits per heavy atom. The van der Waals surface area contributed by atoms with Crippen molar-refractivity contribution in [1.82, 2.24) is 0 Å². The van der Waals surface area contributed by atoms with Gasteiger partial charge >= 0.3 is 5.97 Å². The highest BCUT2D eigenvalue weighted by atomic mass is 35.5. The van der Waals surface area contributed by atoms with Crippen molar-refractivity contribution in [3.8, 4) is 0 Å². The maximum atomic E-state index is 12.6. The summed E-state index contributed by atoms with van der Waals surface area (Å²) >= 11 is 4.98. The van der Waals surface area contributed by atoms with Crippen LogP contribution in [0.5, 0.6) is 0 Å². The van der Waals surface area contributed by atoms with Gasteiger partial charge in [0.25, 0.3) is 5.13 Å². The van der Waals surface area contributed by atoms with Gasteiger partial charge in [0.05, 0.1) is 0 Å². The van der Waals surface area contributed by atoms with E-state index in [1.54, 1.807) is 0 Å². The first kappa shape index (κ1) is 9.69. The molecule has 10 heavy (non-hydrogen) atoms. The summed E-state index contributed by atoms with van der Waals surface area (Å²) in [7, 11) is 0. The van der Waals surface area contributed by atoms with Gasteiger partial charge in [-0.15, -0.1) is 0 Å². The zero-order chi connectivity index (χ0) is 8.20. The van der Waals surface area contributed by atoms with Crippen LogP contribution in [0.25, 0.3) is 0 Å². The smallest absolute Gasteiger partial charge is 0.357 e. The molecule has 2 nitrogen and oxygen atoms in total. The summed E-state index contributed by atoms with van der Waals surface area (Å²) in [4.78, 5) is 10.0. The van der Waals surface area contributed by atoms with E-state index in [2.05, 4.69) is 0 Å². The van der Waals surface area contributed by atoms with Crippen LogP contribution >= 0.6 is 11.6 Å². The van der Waals surface area contributed by atoms with E-state index in [0.29, 0.717) is 6.42 Å². The first-order valence-electron chi connectivity index (χ1n) is 3.12. The number of carboxylic acids is 1. The highest BCUT2D eigenvalue weighted by Gasteiger charge is 2.34. The van der Waals surface area contributed by atoms with Crippen LogP contribution in [-0.2, 0) is 4.79 Å². The Morgan fingerprint density at radius 3 is 2.60 bits per heavy atom. The molecule has 1 unspecified atom stereocenters. The van der Waals surface area contributed by atoms with E-state index < -0.39 is 11.1 Å². The van der Waals surface area contributed by atoms with Crippen LogP contribution in [0.2, 0.25) is 0 Å². The van der Waals surface area contributed by atoms with Crippen LogP contribution in [0.15, 0.2) is 0 Å². The minimum Gasteiger partial charge on any atom is -0.478 e. The lowest BCUT2D eigenvalue weighted by molar-refractivity contribution is -0.145. The molecule has 0 rings (SSSR count). The van der Waals surface area contributed by atoms with Crippen molar-refractivity contribution >= 4 is 17.6 Å². The van der Waals surface area contributed by atoms with Crippen molar-refractivity contribution in [1.29, 1.82) is 0 Å². The predicted octanol–water partition coefficient (Wildman–Crippen LogP) is 2.17. The summed E-state index contributed by atoms with van der Waals surface area (Å²) in [6.07, 6.45) is 1.11. The predicted molar refractivity (Wildman–Crippen MR) is 36.9 cm³/mol. The molecule has 0 spiro atoms. The van der Waals surface area contributed by atoms with Crippen molar-refractivity contribution < 1.29 is 14.3 Å². The van der Waals surface area contributed by atoms with E-state index >= 15 is 0 Å². The summed E-state index contributed by atoms with van der Waals surface area (Å²) in [6, 6.07) is 0. The van der Waals surface area contributed by atoms with Gasteiger partial charge in [0.1, 0.15) is 0 Å². The Morgan fingerprint density at radius 2 is 2.30 bits per heavy atom. The van der Waals surface area contributed by atoms with Crippen molar-refractivity contribution in [2.75, 3.05) is 0 Å². The van der Waals surface area contributed by atoms with Gasteiger partial charge in [-0.25, -0.2) is 9.18 Å². The summed E-state index contributed by atoms with van der Waals surface area (Å²) in [6.45, 7) is 1.84. The molecule has 0 bridgehead atoms. The normalized spacial score (nSPS) is 16.3. The van der Waals surface area contributed by atoms with E-state index in [-0.39, 0.29) is 6.42 Å². The molecular weight excluding hydrogens is 159 g/mol. The van der Waals surface area contributed by atoms with Gasteiger partial charge in [0.15, 0.2) is 0 Å². The molecule has 0 fully saturated rings. The molecule has 60 valence electrons. The molecule has 0 saturated carbocycles. The van der Waals surface area contributed by atoms with E-state index in [0.717, 1.165) is 6.42 Å². The fourth-order valence-corrected chi connectivity index (χ4v) is 0.639. The summed E-state index contributed by atoms with van der Waals surface area (Å²) in [5.41, 5.74) is 0. The lowest BCUT2D eigenvalue weighted by Crippen LogP contribution is -2.26. The van der Waals surface area contributed by atoms with Crippen molar-refractivity contribution in [3.63, 3.8) is 0 Å². The zero-order valence-corrected chi connectivity index (χ0v) is 6.49. The summed E-state index contributed by atoms with van der Waals surface area (Å²) in [5.74, 6) is -1.59. The molecule has 0 radical (unpaired) electrons. The van der Waals surface area contributed by atoms with Gasteiger partial charge in [0.2, 0.25) is 0 Å². The number of alkyl halides is 2. The standard InChI is InChI=1S/C6H10ClFO2/c1-2-3-4-6(7,8)5(9)10/h2-4H2,1H3,(H,9,10). The first-order chi connectivity index (χ1) is 4.50. The molecule has 0 aliphatic carbocycles. The molecule has 0 aliphatic rings. The third-order valence-corrected chi connectivity index (χ3v) is 1.51. The number of unbranched alkanes of at least 4 members (excludes halogenated alkanes) is 1. The Bertz CT molecular complexity index is 125. The van der Waals surface area contributed by atoms with Gasteiger partial charge in [-0.3, -0.25) is 0 Å². The Balaban J connectivity index is 3.75. The molecule has 0 aromatic heterocycles. The number of carboxylic acid groups (broad SMARTS) is 1. The zero-order valence-electron chi connectivity index (χ0n) is 5.73. The van der Waals surface area contributed by atoms with Crippen molar-refractivity contribution in [2.24, 2.45) is 0 Å². The highest BCUT2D eigenvalue weighted by molar-refractivity contribution is 6.32. The molecule has 0 aliphatic heterocycles. The van der Waals surface area contributed by atoms with Gasteiger partial charge in [-0.1, -0.05) is 24.9 Å². The second-order valence-corrected chi connectivity index (χ2v) is 2.71. The Kier molecular flexibility index (Phi) is 3.64. The molecule has 0 aromatic carbocycles. The maximum Gasteiger partial charge on any atom is 0.357 e. The summed E-state index contributed by atoms with van der Waals surface area (Å²) < 4.78 is 12.6. The third kappa shape index (κ3) is 3.01. The van der Waals surface area contributed by atoms with Gasteiger partial charge in [-0.05, 0) is 6.42 Å². The Labute approximate surface area is 64.0 Å². The van der Waals surface area contributed by atoms with Crippen LogP contribution in [0.3, 0.4) is 0 Å². The fourth-order valence-electron chi connectivity index (χ4n) is 0.506. The SMILES string of the molecule is CCCCC(F)(Cl)C(=O)O. The van der Waals surface area contributed by atoms with Crippen LogP contribution in [0.1, 0.15) is 26.2 Å². The largest absolute Gasteiger partial charge is 0.478 e. The van der Waals surface area contributed by atoms with Gasteiger partial charge in [0, 0.05) is 6.42 Å². The number of rotatable bonds is 4. The second-order valence-electron chi connectivity index (χ2n) is 2.11.